The Morgan fingerprint density at radius 1 is 1.14 bits per heavy atom. The fourth-order valence-corrected chi connectivity index (χ4v) is 2.65. The predicted octanol–water partition coefficient (Wildman–Crippen LogP) is 2.68. The average Bonchev–Trinajstić information content (AvgIpc) is 3.15. The van der Waals surface area contributed by atoms with E-state index in [2.05, 4.69) is 5.32 Å². The first-order valence-corrected chi connectivity index (χ1v) is 7.03. The second kappa shape index (κ2) is 5.93. The Morgan fingerprint density at radius 2 is 2.00 bits per heavy atom. The van der Waals surface area contributed by atoms with Crippen LogP contribution in [-0.4, -0.2) is 20.1 Å². The van der Waals surface area contributed by atoms with E-state index in [-0.39, 0.29) is 5.91 Å². The summed E-state index contributed by atoms with van der Waals surface area (Å²) in [5, 5.41) is 2.93. The molecule has 22 heavy (non-hydrogen) atoms. The molecule has 0 fully saturated rings. The number of hydrogen-bond donors (Lipinski definition) is 1. The van der Waals surface area contributed by atoms with Crippen molar-refractivity contribution in [1.29, 1.82) is 0 Å². The van der Waals surface area contributed by atoms with Crippen molar-refractivity contribution in [3.05, 3.63) is 70.9 Å². The highest BCUT2D eigenvalue weighted by atomic mass is 16.5. The highest BCUT2D eigenvalue weighted by molar-refractivity contribution is 6.01. The molecule has 0 aromatic heterocycles. The summed E-state index contributed by atoms with van der Waals surface area (Å²) in [5.41, 5.74) is 3.64. The van der Waals surface area contributed by atoms with Gasteiger partial charge in [-0.3, -0.25) is 4.79 Å². The molecule has 3 rings (SSSR count). The van der Waals surface area contributed by atoms with Crippen LogP contribution >= 0.6 is 0 Å². The fourth-order valence-electron chi connectivity index (χ4n) is 2.65. The second-order valence-corrected chi connectivity index (χ2v) is 4.98. The topological polar surface area (TPSA) is 47.6 Å². The van der Waals surface area contributed by atoms with Gasteiger partial charge in [-0.05, 0) is 23.3 Å². The number of allylic oxidation sites excluding steroid dienone is 6. The molecule has 0 saturated heterocycles. The molecular formula is C18H17NO3. The number of ether oxygens (including phenoxy) is 2. The Bertz CT molecular complexity index is 739. The molecule has 2 aliphatic carbocycles. The van der Waals surface area contributed by atoms with E-state index in [0.717, 1.165) is 16.7 Å². The SMILES string of the molecule is COc1cccc(CNC(=O)C2=CC=C3C=CC=C32)c1OC. The molecule has 0 unspecified atom stereocenters. The van der Waals surface area contributed by atoms with E-state index in [1.807, 2.05) is 48.6 Å². The lowest BCUT2D eigenvalue weighted by molar-refractivity contribution is -0.117. The first-order chi connectivity index (χ1) is 10.7. The zero-order valence-corrected chi connectivity index (χ0v) is 12.6. The van der Waals surface area contributed by atoms with Crippen LogP contribution in [0.25, 0.3) is 0 Å². The van der Waals surface area contributed by atoms with Crippen molar-refractivity contribution in [1.82, 2.24) is 5.32 Å². The molecule has 0 aliphatic heterocycles. The Morgan fingerprint density at radius 3 is 2.77 bits per heavy atom. The quantitative estimate of drug-likeness (QED) is 0.908. The van der Waals surface area contributed by atoms with Crippen LogP contribution in [0.2, 0.25) is 0 Å². The van der Waals surface area contributed by atoms with Gasteiger partial charge in [0.15, 0.2) is 11.5 Å². The van der Waals surface area contributed by atoms with Crippen molar-refractivity contribution in [2.45, 2.75) is 6.54 Å². The molecule has 0 saturated carbocycles. The van der Waals surface area contributed by atoms with Crippen LogP contribution in [0.4, 0.5) is 0 Å². The molecule has 1 aromatic carbocycles. The summed E-state index contributed by atoms with van der Waals surface area (Å²) in [6.07, 6.45) is 9.71. The van der Waals surface area contributed by atoms with Crippen molar-refractivity contribution in [3.8, 4) is 11.5 Å². The van der Waals surface area contributed by atoms with Gasteiger partial charge in [-0.15, -0.1) is 0 Å². The first kappa shape index (κ1) is 14.2. The molecule has 4 nitrogen and oxygen atoms in total. The number of amides is 1. The summed E-state index contributed by atoms with van der Waals surface area (Å²) < 4.78 is 10.6. The molecule has 2 aliphatic rings. The van der Waals surface area contributed by atoms with Crippen LogP contribution in [0.3, 0.4) is 0 Å². The van der Waals surface area contributed by atoms with Gasteiger partial charge in [-0.1, -0.05) is 36.4 Å². The highest BCUT2D eigenvalue weighted by Gasteiger charge is 2.22. The van der Waals surface area contributed by atoms with Crippen LogP contribution in [-0.2, 0) is 11.3 Å². The minimum Gasteiger partial charge on any atom is -0.493 e. The number of carbonyl (C=O) groups excluding carboxylic acids is 1. The van der Waals surface area contributed by atoms with E-state index in [9.17, 15) is 4.79 Å². The monoisotopic (exact) mass is 295 g/mol. The predicted molar refractivity (Wildman–Crippen MR) is 84.8 cm³/mol. The number of methoxy groups -OCH3 is 2. The van der Waals surface area contributed by atoms with Gasteiger partial charge in [-0.25, -0.2) is 0 Å². The van der Waals surface area contributed by atoms with Crippen molar-refractivity contribution in [2.24, 2.45) is 0 Å². The van der Waals surface area contributed by atoms with E-state index in [0.29, 0.717) is 23.6 Å². The third-order valence-electron chi connectivity index (χ3n) is 3.74. The summed E-state index contributed by atoms with van der Waals surface area (Å²) in [6, 6.07) is 5.61. The molecule has 0 spiro atoms. The maximum atomic E-state index is 12.4. The molecule has 1 N–H and O–H groups in total. The Kier molecular flexibility index (Phi) is 3.83. The van der Waals surface area contributed by atoms with Crippen molar-refractivity contribution in [2.75, 3.05) is 14.2 Å². The van der Waals surface area contributed by atoms with Gasteiger partial charge in [0.2, 0.25) is 0 Å². The zero-order valence-electron chi connectivity index (χ0n) is 12.6. The van der Waals surface area contributed by atoms with Crippen LogP contribution < -0.4 is 14.8 Å². The molecule has 1 aromatic rings. The third kappa shape index (κ3) is 2.44. The Hall–Kier alpha value is -2.75. The molecule has 0 bridgehead atoms. The van der Waals surface area contributed by atoms with E-state index in [4.69, 9.17) is 9.47 Å². The van der Waals surface area contributed by atoms with Gasteiger partial charge >= 0.3 is 0 Å². The molecule has 112 valence electrons. The molecule has 1 amide bonds. The van der Waals surface area contributed by atoms with E-state index >= 15 is 0 Å². The summed E-state index contributed by atoms with van der Waals surface area (Å²) in [5.74, 6) is 1.21. The van der Waals surface area contributed by atoms with E-state index < -0.39 is 0 Å². The largest absolute Gasteiger partial charge is 0.493 e. The van der Waals surface area contributed by atoms with Gasteiger partial charge < -0.3 is 14.8 Å². The highest BCUT2D eigenvalue weighted by Crippen LogP contribution is 2.32. The maximum Gasteiger partial charge on any atom is 0.252 e. The van der Waals surface area contributed by atoms with Gasteiger partial charge in [0.1, 0.15) is 0 Å². The molecule has 0 atom stereocenters. The number of hydrogen-bond acceptors (Lipinski definition) is 3. The normalized spacial score (nSPS) is 14.9. The van der Waals surface area contributed by atoms with Crippen LogP contribution in [0.5, 0.6) is 11.5 Å². The molecule has 4 heteroatoms. The fraction of sp³-hybridized carbons (Fsp3) is 0.167. The van der Waals surface area contributed by atoms with Crippen molar-refractivity contribution < 1.29 is 14.3 Å². The summed E-state index contributed by atoms with van der Waals surface area (Å²) in [6.45, 7) is 0.382. The molecule has 0 radical (unpaired) electrons. The number of benzene rings is 1. The second-order valence-electron chi connectivity index (χ2n) is 4.98. The minimum absolute atomic E-state index is 0.0916. The van der Waals surface area contributed by atoms with Gasteiger partial charge in [0.05, 0.1) is 14.2 Å². The van der Waals surface area contributed by atoms with E-state index in [1.54, 1.807) is 14.2 Å². The number of rotatable bonds is 5. The lowest BCUT2D eigenvalue weighted by Gasteiger charge is -2.13. The van der Waals surface area contributed by atoms with Gasteiger partial charge in [0.25, 0.3) is 5.91 Å². The summed E-state index contributed by atoms with van der Waals surface area (Å²) in [7, 11) is 3.18. The Labute approximate surface area is 129 Å². The van der Waals surface area contributed by atoms with Crippen LogP contribution in [0.1, 0.15) is 5.56 Å². The number of para-hydroxylation sites is 1. The Balaban J connectivity index is 1.70. The van der Waals surface area contributed by atoms with Crippen molar-refractivity contribution in [3.63, 3.8) is 0 Å². The third-order valence-corrected chi connectivity index (χ3v) is 3.74. The number of fused-ring (bicyclic) bond motifs is 1. The number of carbonyl (C=O) groups is 1. The van der Waals surface area contributed by atoms with Crippen molar-refractivity contribution >= 4 is 5.91 Å². The zero-order chi connectivity index (χ0) is 15.5. The lowest BCUT2D eigenvalue weighted by Crippen LogP contribution is -2.25. The first-order valence-electron chi connectivity index (χ1n) is 7.03. The average molecular weight is 295 g/mol. The summed E-state index contributed by atoms with van der Waals surface area (Å²) in [4.78, 5) is 12.4. The molecular weight excluding hydrogens is 278 g/mol. The molecule has 0 heterocycles. The maximum absolute atomic E-state index is 12.4. The van der Waals surface area contributed by atoms with Crippen LogP contribution in [0.15, 0.2) is 65.3 Å². The minimum atomic E-state index is -0.0916. The standard InChI is InChI=1S/C18H17NO3/c1-21-16-8-4-6-13(17(16)22-2)11-19-18(20)15-10-9-12-5-3-7-14(12)15/h3-10H,11H2,1-2H3,(H,19,20). The van der Waals surface area contributed by atoms with Crippen LogP contribution in [0, 0.1) is 0 Å². The van der Waals surface area contributed by atoms with Gasteiger partial charge in [-0.2, -0.15) is 0 Å². The lowest BCUT2D eigenvalue weighted by atomic mass is 10.1. The van der Waals surface area contributed by atoms with E-state index in [1.165, 1.54) is 0 Å². The smallest absolute Gasteiger partial charge is 0.252 e. The number of nitrogens with one attached hydrogen (secondary N) is 1. The van der Waals surface area contributed by atoms with Gasteiger partial charge in [0, 0.05) is 17.7 Å². The summed E-state index contributed by atoms with van der Waals surface area (Å²) >= 11 is 0.